The van der Waals surface area contributed by atoms with Crippen molar-refractivity contribution in [1.82, 2.24) is 0 Å². The largest absolute Gasteiger partial charge is 0.494 e. The van der Waals surface area contributed by atoms with Crippen LogP contribution < -0.4 is 29.4 Å². The van der Waals surface area contributed by atoms with Gasteiger partial charge in [0.15, 0.2) is 11.5 Å². The van der Waals surface area contributed by atoms with Gasteiger partial charge < -0.3 is 29.4 Å². The van der Waals surface area contributed by atoms with E-state index in [9.17, 15) is 10.1 Å². The van der Waals surface area contributed by atoms with Crippen LogP contribution in [0.1, 0.15) is 34.3 Å². The van der Waals surface area contributed by atoms with Crippen LogP contribution in [0.2, 0.25) is 0 Å². The highest BCUT2D eigenvalue weighted by Gasteiger charge is 2.31. The van der Waals surface area contributed by atoms with Crippen molar-refractivity contribution in [2.45, 2.75) is 12.8 Å². The molecule has 178 valence electrons. The van der Waals surface area contributed by atoms with Crippen LogP contribution in [-0.2, 0) is 0 Å². The summed E-state index contributed by atoms with van der Waals surface area (Å²) in [4.78, 5) is 12.6. The van der Waals surface area contributed by atoms with Gasteiger partial charge in [-0.05, 0) is 55.0 Å². The fourth-order valence-electron chi connectivity index (χ4n) is 3.89. The van der Waals surface area contributed by atoms with Crippen LogP contribution in [0.25, 0.3) is 0 Å². The number of fused-ring (bicyclic) bond motifs is 1. The molecule has 0 aliphatic carbocycles. The minimum absolute atomic E-state index is 0.0187. The Bertz CT molecular complexity index is 1320. The number of hydrogen-bond acceptors (Lipinski definition) is 8. The van der Waals surface area contributed by atoms with E-state index in [0.717, 1.165) is 5.56 Å². The summed E-state index contributed by atoms with van der Waals surface area (Å²) >= 11 is 0. The van der Waals surface area contributed by atoms with Gasteiger partial charge in [0.2, 0.25) is 5.88 Å². The molecule has 0 fully saturated rings. The van der Waals surface area contributed by atoms with E-state index in [2.05, 4.69) is 6.07 Å². The zero-order valence-electron chi connectivity index (χ0n) is 19.5. The minimum atomic E-state index is -0.526. The average molecular weight is 472 g/mol. The SMILES string of the molecule is CCOc1ccc(C(=O)Oc2ccc3c(c2)OC(N)=C(C#N)C3c2ccc(OC)c(OC)c2)cc1. The van der Waals surface area contributed by atoms with Gasteiger partial charge in [0.1, 0.15) is 28.9 Å². The van der Waals surface area contributed by atoms with Gasteiger partial charge in [-0.15, -0.1) is 0 Å². The Kier molecular flexibility index (Phi) is 6.78. The summed E-state index contributed by atoms with van der Waals surface area (Å²) in [6.45, 7) is 2.42. The standard InChI is InChI=1S/C27H24N2O6/c1-4-33-18-8-5-16(6-9-18)27(30)34-19-10-11-20-23(14-19)35-26(29)21(15-28)25(20)17-7-12-22(31-2)24(13-17)32-3/h5-14,25H,4,29H2,1-3H3. The summed E-state index contributed by atoms with van der Waals surface area (Å²) in [5, 5.41) is 9.80. The molecule has 8 nitrogen and oxygen atoms in total. The number of methoxy groups -OCH3 is 2. The maximum Gasteiger partial charge on any atom is 0.343 e. The Morgan fingerprint density at radius 1 is 1.00 bits per heavy atom. The van der Waals surface area contributed by atoms with Crippen molar-refractivity contribution in [2.24, 2.45) is 5.73 Å². The lowest BCUT2D eigenvalue weighted by atomic mass is 9.83. The molecule has 3 aromatic carbocycles. The maximum absolute atomic E-state index is 12.6. The molecule has 1 aliphatic heterocycles. The first-order chi connectivity index (χ1) is 17.0. The van der Waals surface area contributed by atoms with Crippen LogP contribution in [0.15, 0.2) is 72.1 Å². The van der Waals surface area contributed by atoms with Gasteiger partial charge in [0.25, 0.3) is 0 Å². The fourth-order valence-corrected chi connectivity index (χ4v) is 3.89. The highest BCUT2D eigenvalue weighted by atomic mass is 16.5. The van der Waals surface area contributed by atoms with E-state index in [4.69, 9.17) is 29.4 Å². The molecule has 0 saturated heterocycles. The van der Waals surface area contributed by atoms with Crippen molar-refractivity contribution >= 4 is 5.97 Å². The Morgan fingerprint density at radius 3 is 2.37 bits per heavy atom. The third-order valence-corrected chi connectivity index (χ3v) is 5.54. The quantitative estimate of drug-likeness (QED) is 0.394. The van der Waals surface area contributed by atoms with Crippen LogP contribution in [0.5, 0.6) is 28.7 Å². The maximum atomic E-state index is 12.6. The van der Waals surface area contributed by atoms with E-state index < -0.39 is 11.9 Å². The van der Waals surface area contributed by atoms with Gasteiger partial charge in [-0.25, -0.2) is 4.79 Å². The minimum Gasteiger partial charge on any atom is -0.494 e. The van der Waals surface area contributed by atoms with Crippen molar-refractivity contribution in [3.8, 4) is 34.8 Å². The van der Waals surface area contributed by atoms with Crippen molar-refractivity contribution in [3.05, 3.63) is 88.8 Å². The molecule has 0 radical (unpaired) electrons. The lowest BCUT2D eigenvalue weighted by Crippen LogP contribution is -2.21. The van der Waals surface area contributed by atoms with E-state index in [1.807, 2.05) is 13.0 Å². The Labute approximate surface area is 203 Å². The summed E-state index contributed by atoms with van der Waals surface area (Å²) < 4.78 is 27.4. The van der Waals surface area contributed by atoms with Crippen LogP contribution in [0.3, 0.4) is 0 Å². The number of carbonyl (C=O) groups is 1. The number of allylic oxidation sites excluding steroid dienone is 1. The summed E-state index contributed by atoms with van der Waals surface area (Å²) in [5.74, 6) is 1.38. The number of rotatable bonds is 7. The van der Waals surface area contributed by atoms with Gasteiger partial charge in [-0.1, -0.05) is 12.1 Å². The predicted octanol–water partition coefficient (Wildman–Crippen LogP) is 4.54. The zero-order chi connectivity index (χ0) is 24.9. The summed E-state index contributed by atoms with van der Waals surface area (Å²) in [6, 6.07) is 19.2. The molecule has 0 aromatic heterocycles. The molecule has 4 rings (SSSR count). The number of hydrogen-bond donors (Lipinski definition) is 1. The molecular weight excluding hydrogens is 448 g/mol. The van der Waals surface area contributed by atoms with Gasteiger partial charge in [0, 0.05) is 11.6 Å². The molecule has 1 aliphatic rings. The molecule has 0 bridgehead atoms. The van der Waals surface area contributed by atoms with Crippen molar-refractivity contribution in [2.75, 3.05) is 20.8 Å². The highest BCUT2D eigenvalue weighted by Crippen LogP contribution is 2.45. The summed E-state index contributed by atoms with van der Waals surface area (Å²) in [7, 11) is 3.09. The first kappa shape index (κ1) is 23.5. The molecule has 1 unspecified atom stereocenters. The molecule has 2 N–H and O–H groups in total. The molecule has 0 amide bonds. The monoisotopic (exact) mass is 472 g/mol. The normalized spacial score (nSPS) is 14.3. The molecule has 0 saturated carbocycles. The van der Waals surface area contributed by atoms with Gasteiger partial charge >= 0.3 is 5.97 Å². The number of nitriles is 1. The Balaban J connectivity index is 1.65. The van der Waals surface area contributed by atoms with E-state index in [0.29, 0.717) is 40.7 Å². The van der Waals surface area contributed by atoms with Crippen LogP contribution >= 0.6 is 0 Å². The molecule has 1 atom stereocenters. The Hall–Kier alpha value is -4.64. The zero-order valence-corrected chi connectivity index (χ0v) is 19.5. The number of esters is 1. The highest BCUT2D eigenvalue weighted by molar-refractivity contribution is 5.91. The Morgan fingerprint density at radius 2 is 1.71 bits per heavy atom. The molecule has 8 heteroatoms. The second kappa shape index (κ2) is 10.1. The fraction of sp³-hybridized carbons (Fsp3) is 0.185. The molecule has 35 heavy (non-hydrogen) atoms. The van der Waals surface area contributed by atoms with E-state index in [1.165, 1.54) is 0 Å². The van der Waals surface area contributed by atoms with Gasteiger partial charge in [-0.2, -0.15) is 5.26 Å². The number of nitrogens with two attached hydrogens (primary N) is 1. The molecular formula is C27H24N2O6. The smallest absolute Gasteiger partial charge is 0.343 e. The second-order valence-corrected chi connectivity index (χ2v) is 7.59. The summed E-state index contributed by atoms with van der Waals surface area (Å²) in [6.07, 6.45) is 0. The number of nitrogens with zero attached hydrogens (tertiary/aromatic N) is 1. The molecule has 1 heterocycles. The predicted molar refractivity (Wildman–Crippen MR) is 128 cm³/mol. The first-order valence-electron chi connectivity index (χ1n) is 10.9. The topological polar surface area (TPSA) is 113 Å². The van der Waals surface area contributed by atoms with Crippen LogP contribution in [0.4, 0.5) is 0 Å². The second-order valence-electron chi connectivity index (χ2n) is 7.59. The van der Waals surface area contributed by atoms with E-state index in [1.54, 1.807) is 68.8 Å². The van der Waals surface area contributed by atoms with Crippen LogP contribution in [-0.4, -0.2) is 26.8 Å². The van der Waals surface area contributed by atoms with E-state index in [-0.39, 0.29) is 17.2 Å². The average Bonchev–Trinajstić information content (AvgIpc) is 2.88. The summed E-state index contributed by atoms with van der Waals surface area (Å²) in [5.41, 5.74) is 8.21. The lowest BCUT2D eigenvalue weighted by molar-refractivity contribution is 0.0734. The molecule has 0 spiro atoms. The number of ether oxygens (including phenoxy) is 5. The number of benzene rings is 3. The third kappa shape index (κ3) is 4.70. The van der Waals surface area contributed by atoms with Crippen LogP contribution in [0, 0.1) is 11.3 Å². The van der Waals surface area contributed by atoms with Crippen molar-refractivity contribution < 1.29 is 28.5 Å². The lowest BCUT2D eigenvalue weighted by Gasteiger charge is -2.27. The third-order valence-electron chi connectivity index (χ3n) is 5.54. The van der Waals surface area contributed by atoms with Crippen molar-refractivity contribution in [3.63, 3.8) is 0 Å². The number of carbonyl (C=O) groups excluding carboxylic acids is 1. The van der Waals surface area contributed by atoms with Crippen molar-refractivity contribution in [1.29, 1.82) is 5.26 Å². The van der Waals surface area contributed by atoms with Gasteiger partial charge in [0.05, 0.1) is 32.3 Å². The van der Waals surface area contributed by atoms with Gasteiger partial charge in [-0.3, -0.25) is 0 Å². The van der Waals surface area contributed by atoms with E-state index >= 15 is 0 Å². The first-order valence-corrected chi connectivity index (χ1v) is 10.9. The molecule has 3 aromatic rings.